The lowest BCUT2D eigenvalue weighted by Crippen LogP contribution is -2.18. The van der Waals surface area contributed by atoms with Crippen LogP contribution >= 0.6 is 0 Å². The summed E-state index contributed by atoms with van der Waals surface area (Å²) >= 11 is 0. The van der Waals surface area contributed by atoms with E-state index in [1.54, 1.807) is 6.07 Å². The van der Waals surface area contributed by atoms with Gasteiger partial charge in [0.25, 0.3) is 0 Å². The lowest BCUT2D eigenvalue weighted by Gasteiger charge is -2.21. The van der Waals surface area contributed by atoms with E-state index in [1.165, 1.54) is 12.1 Å². The third kappa shape index (κ3) is 2.91. The van der Waals surface area contributed by atoms with Crippen LogP contribution in [0, 0.1) is 5.82 Å². The van der Waals surface area contributed by atoms with Gasteiger partial charge in [0, 0.05) is 32.4 Å². The molecule has 3 N–H and O–H groups in total. The Morgan fingerprint density at radius 3 is 2.67 bits per heavy atom. The van der Waals surface area contributed by atoms with Crippen molar-refractivity contribution < 1.29 is 9.50 Å². The van der Waals surface area contributed by atoms with Crippen molar-refractivity contribution in [3.8, 4) is 0 Å². The monoisotopic (exact) mass is 212 g/mol. The van der Waals surface area contributed by atoms with Crippen molar-refractivity contribution in [2.75, 3.05) is 25.6 Å². The van der Waals surface area contributed by atoms with E-state index in [9.17, 15) is 4.39 Å². The number of halogens is 1. The maximum Gasteiger partial charge on any atom is 0.123 e. The Bertz CT molecular complexity index is 328. The van der Waals surface area contributed by atoms with E-state index in [-0.39, 0.29) is 18.5 Å². The van der Waals surface area contributed by atoms with E-state index in [1.807, 2.05) is 19.0 Å². The van der Waals surface area contributed by atoms with Crippen LogP contribution in [0.1, 0.15) is 18.0 Å². The zero-order valence-electron chi connectivity index (χ0n) is 9.07. The Hall–Kier alpha value is -1.13. The summed E-state index contributed by atoms with van der Waals surface area (Å²) in [6, 6.07) is 4.20. The summed E-state index contributed by atoms with van der Waals surface area (Å²) in [6.07, 6.45) is 0.435. The number of benzene rings is 1. The molecule has 1 atom stereocenters. The van der Waals surface area contributed by atoms with Gasteiger partial charge < -0.3 is 15.7 Å². The Morgan fingerprint density at radius 2 is 2.13 bits per heavy atom. The summed E-state index contributed by atoms with van der Waals surface area (Å²) in [5.74, 6) is -0.302. The average molecular weight is 212 g/mol. The standard InChI is InChI=1S/C11H17FN2O/c1-14(2)11-4-3-8(12)7-9(11)10(13)5-6-15/h3-4,7,10,15H,5-6,13H2,1-2H3. The first-order valence-corrected chi connectivity index (χ1v) is 4.89. The van der Waals surface area contributed by atoms with E-state index >= 15 is 0 Å². The van der Waals surface area contributed by atoms with Gasteiger partial charge in [0.05, 0.1) is 0 Å². The van der Waals surface area contributed by atoms with Gasteiger partial charge in [-0.2, -0.15) is 0 Å². The molecule has 3 nitrogen and oxygen atoms in total. The van der Waals surface area contributed by atoms with E-state index in [4.69, 9.17) is 10.8 Å². The fraction of sp³-hybridized carbons (Fsp3) is 0.455. The van der Waals surface area contributed by atoms with E-state index in [0.717, 1.165) is 11.3 Å². The molecular formula is C11H17FN2O. The summed E-state index contributed by atoms with van der Waals surface area (Å²) in [6.45, 7) is 0.00451. The van der Waals surface area contributed by atoms with Gasteiger partial charge in [-0.15, -0.1) is 0 Å². The largest absolute Gasteiger partial charge is 0.396 e. The van der Waals surface area contributed by atoms with Crippen LogP contribution in [0.15, 0.2) is 18.2 Å². The molecule has 15 heavy (non-hydrogen) atoms. The van der Waals surface area contributed by atoms with Crippen molar-refractivity contribution >= 4 is 5.69 Å². The summed E-state index contributed by atoms with van der Waals surface area (Å²) in [7, 11) is 3.75. The predicted octanol–water partition coefficient (Wildman–Crippen LogP) is 1.27. The van der Waals surface area contributed by atoms with Gasteiger partial charge in [0.1, 0.15) is 5.82 Å². The van der Waals surface area contributed by atoms with Crippen molar-refractivity contribution in [1.29, 1.82) is 0 Å². The molecule has 0 bridgehead atoms. The summed E-state index contributed by atoms with van der Waals surface area (Å²) in [5, 5.41) is 8.81. The molecule has 0 amide bonds. The maximum absolute atomic E-state index is 13.1. The third-order valence-electron chi connectivity index (χ3n) is 2.31. The highest BCUT2D eigenvalue weighted by Gasteiger charge is 2.12. The van der Waals surface area contributed by atoms with Gasteiger partial charge >= 0.3 is 0 Å². The van der Waals surface area contributed by atoms with Gasteiger partial charge in [-0.3, -0.25) is 0 Å². The summed E-state index contributed by atoms with van der Waals surface area (Å²) < 4.78 is 13.1. The zero-order chi connectivity index (χ0) is 11.4. The molecular weight excluding hydrogens is 195 g/mol. The lowest BCUT2D eigenvalue weighted by molar-refractivity contribution is 0.276. The molecule has 0 aliphatic heterocycles. The Labute approximate surface area is 89.3 Å². The molecule has 0 saturated heterocycles. The van der Waals surface area contributed by atoms with Gasteiger partial charge in [-0.1, -0.05) is 0 Å². The molecule has 84 valence electrons. The topological polar surface area (TPSA) is 49.5 Å². The third-order valence-corrected chi connectivity index (χ3v) is 2.31. The van der Waals surface area contributed by atoms with Crippen molar-refractivity contribution in [2.24, 2.45) is 5.73 Å². The highest BCUT2D eigenvalue weighted by molar-refractivity contribution is 5.54. The first kappa shape index (κ1) is 11.9. The molecule has 0 spiro atoms. The van der Waals surface area contributed by atoms with Crippen molar-refractivity contribution in [2.45, 2.75) is 12.5 Å². The SMILES string of the molecule is CN(C)c1ccc(F)cc1C(N)CCO. The lowest BCUT2D eigenvalue weighted by atomic mass is 10.0. The molecule has 0 aromatic heterocycles. The van der Waals surface area contributed by atoms with Crippen LogP contribution in [0.25, 0.3) is 0 Å². The number of nitrogens with two attached hydrogens (primary N) is 1. The predicted molar refractivity (Wildman–Crippen MR) is 59.4 cm³/mol. The van der Waals surface area contributed by atoms with E-state index < -0.39 is 0 Å². The van der Waals surface area contributed by atoms with Crippen LogP contribution < -0.4 is 10.6 Å². The Kier molecular flexibility index (Phi) is 4.05. The average Bonchev–Trinajstić information content (AvgIpc) is 2.17. The van der Waals surface area contributed by atoms with Gasteiger partial charge in [0.2, 0.25) is 0 Å². The first-order valence-electron chi connectivity index (χ1n) is 4.89. The number of rotatable bonds is 4. The normalized spacial score (nSPS) is 12.6. The highest BCUT2D eigenvalue weighted by Crippen LogP contribution is 2.26. The summed E-state index contributed by atoms with van der Waals surface area (Å²) in [5.41, 5.74) is 7.48. The number of anilines is 1. The first-order chi connectivity index (χ1) is 7.06. The van der Waals surface area contributed by atoms with Crippen molar-refractivity contribution in [1.82, 2.24) is 0 Å². The summed E-state index contributed by atoms with van der Waals surface area (Å²) in [4.78, 5) is 1.88. The quantitative estimate of drug-likeness (QED) is 0.790. The molecule has 4 heteroatoms. The van der Waals surface area contributed by atoms with Crippen LogP contribution in [0.3, 0.4) is 0 Å². The number of hydrogen-bond donors (Lipinski definition) is 2. The fourth-order valence-corrected chi connectivity index (χ4v) is 1.52. The van der Waals surface area contributed by atoms with Crippen LogP contribution in [-0.4, -0.2) is 25.8 Å². The molecule has 0 heterocycles. The number of aliphatic hydroxyl groups excluding tert-OH is 1. The van der Waals surface area contributed by atoms with Crippen LogP contribution in [-0.2, 0) is 0 Å². The highest BCUT2D eigenvalue weighted by atomic mass is 19.1. The van der Waals surface area contributed by atoms with Gasteiger partial charge in [-0.05, 0) is 30.2 Å². The second-order valence-electron chi connectivity index (χ2n) is 3.72. The number of hydrogen-bond acceptors (Lipinski definition) is 3. The molecule has 0 aliphatic carbocycles. The molecule has 0 fully saturated rings. The van der Waals surface area contributed by atoms with Crippen molar-refractivity contribution in [3.05, 3.63) is 29.6 Å². The minimum Gasteiger partial charge on any atom is -0.396 e. The minimum absolute atomic E-state index is 0.00451. The fourth-order valence-electron chi connectivity index (χ4n) is 1.52. The molecule has 1 aromatic carbocycles. The Balaban J connectivity index is 3.06. The molecule has 1 unspecified atom stereocenters. The number of aliphatic hydroxyl groups is 1. The zero-order valence-corrected chi connectivity index (χ0v) is 9.07. The maximum atomic E-state index is 13.1. The van der Waals surface area contributed by atoms with Gasteiger partial charge in [0.15, 0.2) is 0 Å². The number of nitrogens with zero attached hydrogens (tertiary/aromatic N) is 1. The molecule has 0 aliphatic rings. The van der Waals surface area contributed by atoms with Crippen LogP contribution in [0.5, 0.6) is 0 Å². The Morgan fingerprint density at radius 1 is 1.47 bits per heavy atom. The van der Waals surface area contributed by atoms with Crippen LogP contribution in [0.4, 0.5) is 10.1 Å². The molecule has 1 aromatic rings. The molecule has 0 radical (unpaired) electrons. The van der Waals surface area contributed by atoms with Crippen molar-refractivity contribution in [3.63, 3.8) is 0 Å². The molecule has 0 saturated carbocycles. The second-order valence-corrected chi connectivity index (χ2v) is 3.72. The van der Waals surface area contributed by atoms with E-state index in [0.29, 0.717) is 6.42 Å². The molecule has 1 rings (SSSR count). The van der Waals surface area contributed by atoms with Gasteiger partial charge in [-0.25, -0.2) is 4.39 Å². The van der Waals surface area contributed by atoms with E-state index in [2.05, 4.69) is 0 Å². The smallest absolute Gasteiger partial charge is 0.123 e. The minimum atomic E-state index is -0.330. The van der Waals surface area contributed by atoms with Crippen LogP contribution in [0.2, 0.25) is 0 Å². The second kappa shape index (κ2) is 5.09.